The van der Waals surface area contributed by atoms with E-state index in [9.17, 15) is 0 Å². The summed E-state index contributed by atoms with van der Waals surface area (Å²) in [5, 5.41) is 1.21. The predicted octanol–water partition coefficient (Wildman–Crippen LogP) is 6.55. The summed E-state index contributed by atoms with van der Waals surface area (Å²) in [7, 11) is 0. The molecule has 1 aromatic carbocycles. The van der Waals surface area contributed by atoms with Crippen LogP contribution >= 0.6 is 0 Å². The SMILES string of the molecule is CC(C)Cc1cccnc1N.CCC(C)C/C=C\c1cnc2ccccc2c1. The number of nitrogen functional groups attached to an aromatic ring is 1. The van der Waals surface area contributed by atoms with Gasteiger partial charge in [-0.1, -0.05) is 70.5 Å². The fraction of sp³-hybridized carbons (Fsp3) is 0.360. The lowest BCUT2D eigenvalue weighted by Crippen LogP contribution is -2.00. The topological polar surface area (TPSA) is 51.8 Å². The average Bonchev–Trinajstić information content (AvgIpc) is 2.69. The van der Waals surface area contributed by atoms with Crippen LogP contribution in [0.1, 0.15) is 51.7 Å². The van der Waals surface area contributed by atoms with Gasteiger partial charge in [0.25, 0.3) is 0 Å². The van der Waals surface area contributed by atoms with Gasteiger partial charge < -0.3 is 5.73 Å². The number of pyridine rings is 2. The van der Waals surface area contributed by atoms with E-state index >= 15 is 0 Å². The van der Waals surface area contributed by atoms with E-state index in [-0.39, 0.29) is 0 Å². The van der Waals surface area contributed by atoms with Crippen molar-refractivity contribution in [2.24, 2.45) is 11.8 Å². The normalized spacial score (nSPS) is 12.2. The molecule has 2 heterocycles. The molecule has 3 rings (SSSR count). The van der Waals surface area contributed by atoms with Gasteiger partial charge in [-0.05, 0) is 54.0 Å². The van der Waals surface area contributed by atoms with Crippen LogP contribution in [0.25, 0.3) is 17.0 Å². The van der Waals surface area contributed by atoms with Crippen molar-refractivity contribution < 1.29 is 0 Å². The fourth-order valence-corrected chi connectivity index (χ4v) is 2.85. The van der Waals surface area contributed by atoms with Crippen molar-refractivity contribution in [3.05, 3.63) is 72.1 Å². The molecule has 2 aromatic heterocycles. The molecule has 28 heavy (non-hydrogen) atoms. The van der Waals surface area contributed by atoms with E-state index in [1.807, 2.05) is 30.5 Å². The Hall–Kier alpha value is -2.68. The van der Waals surface area contributed by atoms with Crippen molar-refractivity contribution in [2.45, 2.75) is 47.0 Å². The maximum Gasteiger partial charge on any atom is 0.126 e. The Labute approximate surface area is 169 Å². The van der Waals surface area contributed by atoms with Gasteiger partial charge in [0.1, 0.15) is 5.82 Å². The number of hydrogen-bond donors (Lipinski definition) is 1. The fourth-order valence-electron chi connectivity index (χ4n) is 2.85. The number of aromatic nitrogens is 2. The highest BCUT2D eigenvalue weighted by Crippen LogP contribution is 2.15. The van der Waals surface area contributed by atoms with E-state index < -0.39 is 0 Å². The molecular weight excluding hydrogens is 342 g/mol. The Morgan fingerprint density at radius 2 is 1.82 bits per heavy atom. The third-order valence-corrected chi connectivity index (χ3v) is 4.71. The maximum atomic E-state index is 5.66. The number of rotatable bonds is 6. The van der Waals surface area contributed by atoms with Crippen molar-refractivity contribution in [1.29, 1.82) is 0 Å². The van der Waals surface area contributed by atoms with Crippen molar-refractivity contribution in [1.82, 2.24) is 9.97 Å². The van der Waals surface area contributed by atoms with Crippen LogP contribution in [-0.2, 0) is 6.42 Å². The summed E-state index contributed by atoms with van der Waals surface area (Å²) in [6, 6.07) is 14.4. The number of anilines is 1. The molecule has 2 N–H and O–H groups in total. The Morgan fingerprint density at radius 1 is 1.04 bits per heavy atom. The number of hydrogen-bond acceptors (Lipinski definition) is 3. The van der Waals surface area contributed by atoms with E-state index in [0.717, 1.165) is 29.8 Å². The van der Waals surface area contributed by atoms with Crippen molar-refractivity contribution in [2.75, 3.05) is 5.73 Å². The molecule has 0 fully saturated rings. The third kappa shape index (κ3) is 7.15. The second-order valence-corrected chi connectivity index (χ2v) is 7.76. The molecule has 3 nitrogen and oxygen atoms in total. The summed E-state index contributed by atoms with van der Waals surface area (Å²) in [6.45, 7) is 8.86. The van der Waals surface area contributed by atoms with Gasteiger partial charge in [-0.25, -0.2) is 4.98 Å². The van der Waals surface area contributed by atoms with Crippen molar-refractivity contribution in [3.8, 4) is 0 Å². The minimum Gasteiger partial charge on any atom is -0.383 e. The number of para-hydroxylation sites is 1. The van der Waals surface area contributed by atoms with Crippen LogP contribution in [0.5, 0.6) is 0 Å². The number of allylic oxidation sites excluding steroid dienone is 1. The molecule has 3 heteroatoms. The van der Waals surface area contributed by atoms with Crippen LogP contribution in [0.3, 0.4) is 0 Å². The van der Waals surface area contributed by atoms with Gasteiger partial charge in [-0.2, -0.15) is 0 Å². The van der Waals surface area contributed by atoms with Crippen LogP contribution in [-0.4, -0.2) is 9.97 Å². The maximum absolute atomic E-state index is 5.66. The first-order valence-corrected chi connectivity index (χ1v) is 10.2. The van der Waals surface area contributed by atoms with E-state index in [4.69, 9.17) is 5.73 Å². The van der Waals surface area contributed by atoms with Crippen LogP contribution in [0, 0.1) is 11.8 Å². The van der Waals surface area contributed by atoms with Gasteiger partial charge in [0.15, 0.2) is 0 Å². The molecule has 0 saturated heterocycles. The second kappa shape index (κ2) is 11.2. The summed E-state index contributed by atoms with van der Waals surface area (Å²) in [5.74, 6) is 2.07. The van der Waals surface area contributed by atoms with E-state index in [0.29, 0.717) is 11.7 Å². The highest BCUT2D eigenvalue weighted by molar-refractivity contribution is 5.80. The third-order valence-electron chi connectivity index (χ3n) is 4.71. The van der Waals surface area contributed by atoms with E-state index in [1.165, 1.54) is 17.4 Å². The second-order valence-electron chi connectivity index (χ2n) is 7.76. The Balaban J connectivity index is 0.000000221. The smallest absolute Gasteiger partial charge is 0.126 e. The monoisotopic (exact) mass is 375 g/mol. The largest absolute Gasteiger partial charge is 0.383 e. The minimum atomic E-state index is 0.640. The lowest BCUT2D eigenvalue weighted by atomic mass is 10.0. The molecule has 0 radical (unpaired) electrons. The summed E-state index contributed by atoms with van der Waals surface area (Å²) < 4.78 is 0. The zero-order valence-electron chi connectivity index (χ0n) is 17.6. The lowest BCUT2D eigenvalue weighted by molar-refractivity contribution is 0.573. The summed E-state index contributed by atoms with van der Waals surface area (Å²) >= 11 is 0. The number of nitrogens with two attached hydrogens (primary N) is 1. The molecule has 148 valence electrons. The summed E-state index contributed by atoms with van der Waals surface area (Å²) in [6.07, 6.45) is 11.5. The standard InChI is InChI=1S/C16H19N.C9H14N2/c1-3-13(2)7-6-8-14-11-15-9-4-5-10-16(15)17-12-14;1-7(2)6-8-4-3-5-11-9(8)10/h4-6,8-13H,3,7H2,1-2H3;3-5,7H,6H2,1-2H3,(H2,10,11)/b8-6-;. The van der Waals surface area contributed by atoms with Crippen LogP contribution in [0.4, 0.5) is 5.82 Å². The molecule has 0 aliphatic carbocycles. The van der Waals surface area contributed by atoms with Gasteiger partial charge >= 0.3 is 0 Å². The Kier molecular flexibility index (Phi) is 8.67. The average molecular weight is 376 g/mol. The summed E-state index contributed by atoms with van der Waals surface area (Å²) in [5.41, 5.74) is 9.06. The molecule has 1 unspecified atom stereocenters. The molecule has 0 aliphatic rings. The molecule has 1 atom stereocenters. The first kappa shape index (κ1) is 21.6. The van der Waals surface area contributed by atoms with E-state index in [2.05, 4.69) is 68.0 Å². The molecule has 0 bridgehead atoms. The van der Waals surface area contributed by atoms with Crippen LogP contribution in [0.15, 0.2) is 60.9 Å². The van der Waals surface area contributed by atoms with E-state index in [1.54, 1.807) is 6.20 Å². The first-order chi connectivity index (χ1) is 13.5. The zero-order valence-corrected chi connectivity index (χ0v) is 17.6. The highest BCUT2D eigenvalue weighted by atomic mass is 14.8. The zero-order chi connectivity index (χ0) is 20.4. The van der Waals surface area contributed by atoms with Gasteiger partial charge in [-0.3, -0.25) is 4.98 Å². The summed E-state index contributed by atoms with van der Waals surface area (Å²) in [4.78, 5) is 8.46. The number of nitrogens with zero attached hydrogens (tertiary/aromatic N) is 2. The molecular formula is C25H33N3. The van der Waals surface area contributed by atoms with Gasteiger partial charge in [0.2, 0.25) is 0 Å². The highest BCUT2D eigenvalue weighted by Gasteiger charge is 2.01. The van der Waals surface area contributed by atoms with Gasteiger partial charge in [0.05, 0.1) is 5.52 Å². The van der Waals surface area contributed by atoms with Crippen molar-refractivity contribution >= 4 is 22.8 Å². The first-order valence-electron chi connectivity index (χ1n) is 10.2. The lowest BCUT2D eigenvalue weighted by Gasteiger charge is -2.05. The molecule has 0 saturated carbocycles. The van der Waals surface area contributed by atoms with Crippen LogP contribution < -0.4 is 5.73 Å². The minimum absolute atomic E-state index is 0.640. The van der Waals surface area contributed by atoms with Crippen molar-refractivity contribution in [3.63, 3.8) is 0 Å². The Bertz CT molecular complexity index is 884. The number of fused-ring (bicyclic) bond motifs is 1. The van der Waals surface area contributed by atoms with Gasteiger partial charge in [-0.15, -0.1) is 0 Å². The number of benzene rings is 1. The molecule has 0 spiro atoms. The molecule has 0 amide bonds. The van der Waals surface area contributed by atoms with Gasteiger partial charge in [0, 0.05) is 17.8 Å². The molecule has 0 aliphatic heterocycles. The predicted molar refractivity (Wildman–Crippen MR) is 122 cm³/mol. The molecule has 3 aromatic rings. The Morgan fingerprint density at radius 3 is 2.54 bits per heavy atom. The van der Waals surface area contributed by atoms with Crippen LogP contribution in [0.2, 0.25) is 0 Å². The quantitative estimate of drug-likeness (QED) is 0.531.